The predicted molar refractivity (Wildman–Crippen MR) is 81.3 cm³/mol. The van der Waals surface area contributed by atoms with Gasteiger partial charge in [0.2, 0.25) is 0 Å². The van der Waals surface area contributed by atoms with Gasteiger partial charge in [0.25, 0.3) is 0 Å². The summed E-state index contributed by atoms with van der Waals surface area (Å²) in [4.78, 5) is 2.03. The predicted octanol–water partition coefficient (Wildman–Crippen LogP) is 2.78. The van der Waals surface area contributed by atoms with Crippen LogP contribution in [0.25, 0.3) is 5.65 Å². The number of aromatic nitrogens is 4. The van der Waals surface area contributed by atoms with E-state index < -0.39 is 0 Å². The van der Waals surface area contributed by atoms with Gasteiger partial charge in [-0.05, 0) is 42.7 Å². The normalized spacial score (nSPS) is 14.5. The molecule has 0 amide bonds. The van der Waals surface area contributed by atoms with Crippen LogP contribution in [-0.2, 0) is 6.54 Å². The van der Waals surface area contributed by atoms with Crippen LogP contribution in [0.3, 0.4) is 0 Å². The lowest BCUT2D eigenvalue weighted by Crippen LogP contribution is -2.19. The second kappa shape index (κ2) is 5.05. The molecule has 5 nitrogen and oxygen atoms in total. The monoisotopic (exact) mass is 297 g/mol. The van der Waals surface area contributed by atoms with E-state index in [4.69, 9.17) is 0 Å². The van der Waals surface area contributed by atoms with Gasteiger partial charge in [-0.2, -0.15) is 4.52 Å². The molecule has 0 unspecified atom stereocenters. The molecule has 0 spiro atoms. The molecule has 22 heavy (non-hydrogen) atoms. The SMILES string of the molecule is CN(Cc1ccc(F)cc1)c1ccc2nnc(C3CC3)n2n1. The van der Waals surface area contributed by atoms with Crippen LogP contribution in [0, 0.1) is 5.82 Å². The number of nitrogens with zero attached hydrogens (tertiary/aromatic N) is 5. The summed E-state index contributed by atoms with van der Waals surface area (Å²) in [7, 11) is 1.97. The molecule has 1 fully saturated rings. The van der Waals surface area contributed by atoms with E-state index in [1.165, 1.54) is 12.1 Å². The van der Waals surface area contributed by atoms with Crippen LogP contribution in [0.2, 0.25) is 0 Å². The fourth-order valence-electron chi connectivity index (χ4n) is 2.54. The molecule has 0 atom stereocenters. The molecule has 6 heteroatoms. The summed E-state index contributed by atoms with van der Waals surface area (Å²) in [6, 6.07) is 10.4. The molecular formula is C16H16FN5. The zero-order valence-corrected chi connectivity index (χ0v) is 12.3. The van der Waals surface area contributed by atoms with E-state index in [1.54, 1.807) is 12.1 Å². The minimum Gasteiger partial charge on any atom is -0.354 e. The van der Waals surface area contributed by atoms with Crippen LogP contribution in [0.15, 0.2) is 36.4 Å². The van der Waals surface area contributed by atoms with Gasteiger partial charge in [-0.15, -0.1) is 15.3 Å². The molecule has 0 saturated heterocycles. The molecular weight excluding hydrogens is 281 g/mol. The van der Waals surface area contributed by atoms with Crippen molar-refractivity contribution < 1.29 is 4.39 Å². The third-order valence-corrected chi connectivity index (χ3v) is 3.94. The summed E-state index contributed by atoms with van der Waals surface area (Å²) in [5, 5.41) is 13.1. The Balaban J connectivity index is 1.61. The van der Waals surface area contributed by atoms with Crippen molar-refractivity contribution in [3.8, 4) is 0 Å². The molecule has 1 aliphatic rings. The molecule has 112 valence electrons. The molecule has 1 saturated carbocycles. The van der Waals surface area contributed by atoms with Crippen LogP contribution in [0.5, 0.6) is 0 Å². The lowest BCUT2D eigenvalue weighted by molar-refractivity contribution is 0.627. The summed E-state index contributed by atoms with van der Waals surface area (Å²) < 4.78 is 14.8. The lowest BCUT2D eigenvalue weighted by atomic mass is 10.2. The summed E-state index contributed by atoms with van der Waals surface area (Å²) in [6.07, 6.45) is 2.33. The summed E-state index contributed by atoms with van der Waals surface area (Å²) in [6.45, 7) is 0.666. The molecule has 4 rings (SSSR count). The van der Waals surface area contributed by atoms with Crippen LogP contribution < -0.4 is 4.90 Å². The molecule has 0 N–H and O–H groups in total. The van der Waals surface area contributed by atoms with Crippen molar-refractivity contribution in [3.05, 3.63) is 53.6 Å². The number of halogens is 1. The van der Waals surface area contributed by atoms with Gasteiger partial charge < -0.3 is 4.90 Å². The second-order valence-corrected chi connectivity index (χ2v) is 5.78. The van der Waals surface area contributed by atoms with Gasteiger partial charge in [-0.1, -0.05) is 12.1 Å². The Kier molecular flexibility index (Phi) is 3.03. The van der Waals surface area contributed by atoms with Crippen molar-refractivity contribution in [1.82, 2.24) is 19.8 Å². The van der Waals surface area contributed by atoms with Crippen LogP contribution >= 0.6 is 0 Å². The first kappa shape index (κ1) is 13.2. The number of benzene rings is 1. The minimum atomic E-state index is -0.218. The minimum absolute atomic E-state index is 0.218. The van der Waals surface area contributed by atoms with Crippen molar-refractivity contribution in [2.45, 2.75) is 25.3 Å². The Bertz CT molecular complexity index is 807. The first-order valence-electron chi connectivity index (χ1n) is 7.38. The van der Waals surface area contributed by atoms with E-state index in [0.717, 1.165) is 35.7 Å². The number of hydrogen-bond acceptors (Lipinski definition) is 4. The molecule has 2 aromatic heterocycles. The van der Waals surface area contributed by atoms with E-state index in [1.807, 2.05) is 28.6 Å². The van der Waals surface area contributed by atoms with Crippen molar-refractivity contribution in [1.29, 1.82) is 0 Å². The molecule has 3 aromatic rings. The quantitative estimate of drug-likeness (QED) is 0.743. The van der Waals surface area contributed by atoms with Gasteiger partial charge >= 0.3 is 0 Å². The highest BCUT2D eigenvalue weighted by Gasteiger charge is 2.29. The highest BCUT2D eigenvalue weighted by Crippen LogP contribution is 2.38. The Labute approximate surface area is 127 Å². The third-order valence-electron chi connectivity index (χ3n) is 3.94. The zero-order valence-electron chi connectivity index (χ0n) is 12.3. The van der Waals surface area contributed by atoms with E-state index in [2.05, 4.69) is 15.3 Å². The van der Waals surface area contributed by atoms with Crippen LogP contribution in [0.1, 0.15) is 30.1 Å². The number of fused-ring (bicyclic) bond motifs is 1. The average molecular weight is 297 g/mol. The van der Waals surface area contributed by atoms with Gasteiger partial charge in [0.1, 0.15) is 11.6 Å². The van der Waals surface area contributed by atoms with Crippen molar-refractivity contribution >= 4 is 11.5 Å². The smallest absolute Gasteiger partial charge is 0.178 e. The largest absolute Gasteiger partial charge is 0.354 e. The molecule has 1 aliphatic carbocycles. The van der Waals surface area contributed by atoms with E-state index in [-0.39, 0.29) is 5.82 Å². The molecule has 0 aliphatic heterocycles. The summed E-state index contributed by atoms with van der Waals surface area (Å²) in [5.41, 5.74) is 1.82. The van der Waals surface area contributed by atoms with Crippen molar-refractivity contribution in [2.24, 2.45) is 0 Å². The van der Waals surface area contributed by atoms with E-state index in [0.29, 0.717) is 12.5 Å². The third kappa shape index (κ3) is 2.41. The standard InChI is InChI=1S/C16H16FN5/c1-21(10-11-2-6-13(17)7-3-11)15-9-8-14-18-19-16(12-4-5-12)22(14)20-15/h2-3,6-9,12H,4-5,10H2,1H3. The van der Waals surface area contributed by atoms with Crippen LogP contribution in [0.4, 0.5) is 10.2 Å². The average Bonchev–Trinajstić information content (AvgIpc) is 3.28. The Morgan fingerprint density at radius 2 is 1.91 bits per heavy atom. The Morgan fingerprint density at radius 3 is 2.64 bits per heavy atom. The first-order chi connectivity index (χ1) is 10.7. The zero-order chi connectivity index (χ0) is 15.1. The van der Waals surface area contributed by atoms with Gasteiger partial charge in [0.05, 0.1) is 0 Å². The van der Waals surface area contributed by atoms with E-state index in [9.17, 15) is 4.39 Å². The second-order valence-electron chi connectivity index (χ2n) is 5.78. The summed E-state index contributed by atoms with van der Waals surface area (Å²) >= 11 is 0. The van der Waals surface area contributed by atoms with E-state index >= 15 is 0 Å². The lowest BCUT2D eigenvalue weighted by Gasteiger charge is -2.18. The molecule has 1 aromatic carbocycles. The van der Waals surface area contributed by atoms with Crippen LogP contribution in [-0.4, -0.2) is 26.9 Å². The Morgan fingerprint density at radius 1 is 1.14 bits per heavy atom. The maximum Gasteiger partial charge on any atom is 0.178 e. The maximum atomic E-state index is 13.0. The van der Waals surface area contributed by atoms with Gasteiger partial charge in [-0.3, -0.25) is 0 Å². The number of anilines is 1. The number of hydrogen-bond donors (Lipinski definition) is 0. The van der Waals surface area contributed by atoms with Crippen molar-refractivity contribution in [3.63, 3.8) is 0 Å². The van der Waals surface area contributed by atoms with Gasteiger partial charge in [0, 0.05) is 19.5 Å². The highest BCUT2D eigenvalue weighted by molar-refractivity contribution is 5.46. The molecule has 2 heterocycles. The highest BCUT2D eigenvalue weighted by atomic mass is 19.1. The fraction of sp³-hybridized carbons (Fsp3) is 0.312. The molecule has 0 bridgehead atoms. The first-order valence-corrected chi connectivity index (χ1v) is 7.38. The Hall–Kier alpha value is -2.50. The molecule has 0 radical (unpaired) electrons. The fourth-order valence-corrected chi connectivity index (χ4v) is 2.54. The van der Waals surface area contributed by atoms with Gasteiger partial charge in [-0.25, -0.2) is 4.39 Å². The summed E-state index contributed by atoms with van der Waals surface area (Å²) in [5.74, 6) is 2.08. The number of rotatable bonds is 4. The maximum absolute atomic E-state index is 13.0. The van der Waals surface area contributed by atoms with Gasteiger partial charge in [0.15, 0.2) is 11.5 Å². The topological polar surface area (TPSA) is 46.3 Å². The van der Waals surface area contributed by atoms with Crippen molar-refractivity contribution in [2.75, 3.05) is 11.9 Å².